The van der Waals surface area contributed by atoms with Gasteiger partial charge in [-0.2, -0.15) is 0 Å². The van der Waals surface area contributed by atoms with Crippen LogP contribution in [0.2, 0.25) is 0 Å². The molecule has 2 rings (SSSR count). The molecule has 0 saturated carbocycles. The molecule has 138 valence electrons. The molecule has 0 bridgehead atoms. The summed E-state index contributed by atoms with van der Waals surface area (Å²) in [6.07, 6.45) is 0.174. The molecule has 1 fully saturated rings. The number of amides is 1. The number of benzene rings is 1. The minimum absolute atomic E-state index is 0.0216. The molecule has 1 aliphatic heterocycles. The van der Waals surface area contributed by atoms with Crippen molar-refractivity contribution in [2.24, 2.45) is 0 Å². The van der Waals surface area contributed by atoms with E-state index >= 15 is 0 Å². The van der Waals surface area contributed by atoms with Crippen LogP contribution < -0.4 is 9.47 Å². The van der Waals surface area contributed by atoms with Crippen LogP contribution in [0.15, 0.2) is 18.2 Å². The van der Waals surface area contributed by atoms with Gasteiger partial charge in [-0.3, -0.25) is 9.59 Å². The highest BCUT2D eigenvalue weighted by Gasteiger charge is 2.33. The first kappa shape index (κ1) is 19.4. The Morgan fingerprint density at radius 2 is 1.92 bits per heavy atom. The van der Waals surface area contributed by atoms with Crippen LogP contribution in [0.5, 0.6) is 11.5 Å². The average molecular weight is 367 g/mol. The van der Waals surface area contributed by atoms with Crippen molar-refractivity contribution in [2.75, 3.05) is 26.5 Å². The molecule has 1 amide bonds. The maximum absolute atomic E-state index is 12.2. The number of hydrogen-bond donors (Lipinski definition) is 0. The molecular weight excluding hydrogens is 342 g/mol. The van der Waals surface area contributed by atoms with Gasteiger partial charge in [0.2, 0.25) is 5.91 Å². The molecular formula is C18H25NO5S. The zero-order valence-corrected chi connectivity index (χ0v) is 16.1. The van der Waals surface area contributed by atoms with Crippen molar-refractivity contribution in [3.8, 4) is 11.5 Å². The molecule has 1 unspecified atom stereocenters. The Bertz CT molecular complexity index is 641. The third kappa shape index (κ3) is 5.04. The van der Waals surface area contributed by atoms with Gasteiger partial charge in [0, 0.05) is 6.54 Å². The van der Waals surface area contributed by atoms with Crippen molar-refractivity contribution in [3.63, 3.8) is 0 Å². The maximum atomic E-state index is 12.2. The molecule has 0 aromatic heterocycles. The first-order valence-corrected chi connectivity index (χ1v) is 9.15. The zero-order valence-electron chi connectivity index (χ0n) is 15.3. The molecule has 6 nitrogen and oxygen atoms in total. The molecule has 1 saturated heterocycles. The largest absolute Gasteiger partial charge is 0.493 e. The van der Waals surface area contributed by atoms with Gasteiger partial charge in [-0.1, -0.05) is 6.07 Å². The number of hydrogen-bond acceptors (Lipinski definition) is 6. The van der Waals surface area contributed by atoms with Crippen LogP contribution in [0.4, 0.5) is 0 Å². The first-order chi connectivity index (χ1) is 11.7. The fourth-order valence-electron chi connectivity index (χ4n) is 2.58. The van der Waals surface area contributed by atoms with Crippen LogP contribution in [0, 0.1) is 0 Å². The molecule has 7 heteroatoms. The normalized spacial score (nSPS) is 17.6. The van der Waals surface area contributed by atoms with Gasteiger partial charge in [0.05, 0.1) is 26.4 Å². The van der Waals surface area contributed by atoms with Gasteiger partial charge < -0.3 is 19.1 Å². The van der Waals surface area contributed by atoms with E-state index in [0.717, 1.165) is 5.56 Å². The molecule has 1 atom stereocenters. The molecule has 1 aromatic carbocycles. The average Bonchev–Trinajstić information content (AvgIpc) is 2.91. The number of carbonyl (C=O) groups excluding carboxylic acids is 2. The van der Waals surface area contributed by atoms with Gasteiger partial charge in [-0.15, -0.1) is 11.8 Å². The van der Waals surface area contributed by atoms with E-state index in [1.54, 1.807) is 19.1 Å². The molecule has 0 N–H and O–H groups in total. The van der Waals surface area contributed by atoms with Gasteiger partial charge >= 0.3 is 5.97 Å². The number of methoxy groups -OCH3 is 2. The van der Waals surface area contributed by atoms with Crippen LogP contribution in [-0.4, -0.2) is 48.9 Å². The van der Waals surface area contributed by atoms with Crippen molar-refractivity contribution < 1.29 is 23.8 Å². The van der Waals surface area contributed by atoms with E-state index in [9.17, 15) is 9.59 Å². The third-order valence-electron chi connectivity index (χ3n) is 3.64. The maximum Gasteiger partial charge on any atom is 0.308 e. The molecule has 25 heavy (non-hydrogen) atoms. The Labute approximate surface area is 152 Å². The summed E-state index contributed by atoms with van der Waals surface area (Å²) >= 11 is 1.54. The molecule has 1 heterocycles. The first-order valence-electron chi connectivity index (χ1n) is 8.10. The summed E-state index contributed by atoms with van der Waals surface area (Å²) < 4.78 is 15.9. The van der Waals surface area contributed by atoms with Crippen LogP contribution in [0.25, 0.3) is 0 Å². The summed E-state index contributed by atoms with van der Waals surface area (Å²) in [5.41, 5.74) is 0.418. The van der Waals surface area contributed by atoms with E-state index in [1.807, 2.05) is 39.0 Å². The minimum atomic E-state index is -0.524. The van der Waals surface area contributed by atoms with E-state index in [-0.39, 0.29) is 23.7 Å². The predicted molar refractivity (Wildman–Crippen MR) is 96.9 cm³/mol. The SMILES string of the molecule is COc1ccc(C2SCC(=O)N2CCC(=O)OC(C)(C)C)cc1OC. The van der Waals surface area contributed by atoms with Gasteiger partial charge in [-0.25, -0.2) is 0 Å². The lowest BCUT2D eigenvalue weighted by Crippen LogP contribution is -2.32. The van der Waals surface area contributed by atoms with E-state index in [0.29, 0.717) is 23.8 Å². The van der Waals surface area contributed by atoms with E-state index in [1.165, 1.54) is 11.8 Å². The van der Waals surface area contributed by atoms with Gasteiger partial charge in [0.15, 0.2) is 11.5 Å². The van der Waals surface area contributed by atoms with Crippen molar-refractivity contribution in [2.45, 2.75) is 38.2 Å². The zero-order chi connectivity index (χ0) is 18.6. The van der Waals surface area contributed by atoms with E-state index in [2.05, 4.69) is 0 Å². The minimum Gasteiger partial charge on any atom is -0.493 e. The van der Waals surface area contributed by atoms with Crippen molar-refractivity contribution >= 4 is 23.6 Å². The highest BCUT2D eigenvalue weighted by Crippen LogP contribution is 2.41. The standard InChI is InChI=1S/C18H25NO5S/c1-18(2,3)24-16(21)8-9-19-15(20)11-25-17(19)12-6-7-13(22-4)14(10-12)23-5/h6-7,10,17H,8-9,11H2,1-5H3. The topological polar surface area (TPSA) is 65.1 Å². The fraction of sp³-hybridized carbons (Fsp3) is 0.556. The second-order valence-corrected chi connectivity index (χ2v) is 7.77. The van der Waals surface area contributed by atoms with E-state index < -0.39 is 5.60 Å². The smallest absolute Gasteiger partial charge is 0.308 e. The van der Waals surface area contributed by atoms with Crippen molar-refractivity contribution in [1.29, 1.82) is 0 Å². The van der Waals surface area contributed by atoms with Gasteiger partial charge in [0.1, 0.15) is 11.0 Å². The number of ether oxygens (including phenoxy) is 3. The highest BCUT2D eigenvalue weighted by atomic mass is 32.2. The van der Waals surface area contributed by atoms with Gasteiger partial charge in [-0.05, 0) is 38.5 Å². The van der Waals surface area contributed by atoms with Crippen LogP contribution in [0.1, 0.15) is 38.1 Å². The Balaban J connectivity index is 2.10. The summed E-state index contributed by atoms with van der Waals surface area (Å²) in [6, 6.07) is 5.61. The number of rotatable bonds is 6. The summed E-state index contributed by atoms with van der Waals surface area (Å²) in [5.74, 6) is 1.37. The highest BCUT2D eigenvalue weighted by molar-refractivity contribution is 8.00. The Kier molecular flexibility index (Phi) is 6.21. The quantitative estimate of drug-likeness (QED) is 0.720. The Morgan fingerprint density at radius 1 is 1.24 bits per heavy atom. The molecule has 0 radical (unpaired) electrons. The number of thioether (sulfide) groups is 1. The monoisotopic (exact) mass is 367 g/mol. The lowest BCUT2D eigenvalue weighted by atomic mass is 10.1. The third-order valence-corrected chi connectivity index (χ3v) is 4.89. The van der Waals surface area contributed by atoms with E-state index in [4.69, 9.17) is 14.2 Å². The second kappa shape index (κ2) is 7.99. The number of nitrogens with zero attached hydrogens (tertiary/aromatic N) is 1. The molecule has 0 spiro atoms. The fourth-order valence-corrected chi connectivity index (χ4v) is 3.79. The summed E-state index contributed by atoms with van der Waals surface area (Å²) in [6.45, 7) is 5.82. The Hall–Kier alpha value is -1.89. The van der Waals surface area contributed by atoms with Crippen LogP contribution in [0.3, 0.4) is 0 Å². The van der Waals surface area contributed by atoms with Gasteiger partial charge in [0.25, 0.3) is 0 Å². The molecule has 1 aliphatic rings. The lowest BCUT2D eigenvalue weighted by molar-refractivity contribution is -0.155. The number of esters is 1. The molecule has 1 aromatic rings. The predicted octanol–water partition coefficient (Wildman–Crippen LogP) is 3.01. The number of carbonyl (C=O) groups is 2. The van der Waals surface area contributed by atoms with Crippen molar-refractivity contribution in [1.82, 2.24) is 4.90 Å². The summed E-state index contributed by atoms with van der Waals surface area (Å²) in [4.78, 5) is 25.9. The lowest BCUT2D eigenvalue weighted by Gasteiger charge is -2.25. The summed E-state index contributed by atoms with van der Waals surface area (Å²) in [7, 11) is 3.16. The van der Waals surface area contributed by atoms with Crippen LogP contribution in [-0.2, 0) is 14.3 Å². The molecule has 0 aliphatic carbocycles. The second-order valence-electron chi connectivity index (χ2n) is 6.70. The van der Waals surface area contributed by atoms with Crippen molar-refractivity contribution in [3.05, 3.63) is 23.8 Å². The van der Waals surface area contributed by atoms with Crippen LogP contribution >= 0.6 is 11.8 Å². The Morgan fingerprint density at radius 3 is 2.52 bits per heavy atom. The summed E-state index contributed by atoms with van der Waals surface area (Å²) in [5, 5.41) is -0.144.